The molecule has 4 N–H and O–H groups in total. The molecule has 0 aliphatic carbocycles. The van der Waals surface area contributed by atoms with Gasteiger partial charge in [-0.05, 0) is 43.6 Å². The largest absolute Gasteiger partial charge is 0.300 e. The number of nitrogens with two attached hydrogens (primary N) is 2. The Hall–Kier alpha value is -2.05. The Morgan fingerprint density at radius 2 is 1.60 bits per heavy atom. The summed E-state index contributed by atoms with van der Waals surface area (Å²) in [7, 11) is 0. The van der Waals surface area contributed by atoms with Gasteiger partial charge in [0, 0.05) is 11.1 Å². The summed E-state index contributed by atoms with van der Waals surface area (Å²) in [6, 6.07) is 13.9. The summed E-state index contributed by atoms with van der Waals surface area (Å²) in [6.45, 7) is 3.30. The predicted octanol–water partition coefficient (Wildman–Crippen LogP) is 3.69. The molecule has 0 aromatic heterocycles. The zero-order valence-electron chi connectivity index (χ0n) is 14.0. The number of hydrazine groups is 1. The van der Waals surface area contributed by atoms with Gasteiger partial charge in [-0.2, -0.15) is 0 Å². The number of rotatable bonds is 4. The van der Waals surface area contributed by atoms with E-state index >= 15 is 0 Å². The number of hydrogen-bond acceptors (Lipinski definition) is 5. The van der Waals surface area contributed by atoms with Gasteiger partial charge in [0.05, 0.1) is 11.4 Å². The van der Waals surface area contributed by atoms with Crippen LogP contribution in [0.1, 0.15) is 39.6 Å². The highest BCUT2D eigenvalue weighted by atomic mass is 35.5. The van der Waals surface area contributed by atoms with Gasteiger partial charge in [-0.25, -0.2) is 0 Å². The Kier molecular flexibility index (Phi) is 11.3. The van der Waals surface area contributed by atoms with Crippen LogP contribution in [0.2, 0.25) is 5.02 Å². The quantitative estimate of drug-likeness (QED) is 0.276. The monoisotopic (exact) mass is 382 g/mol. The van der Waals surface area contributed by atoms with Crippen molar-refractivity contribution in [1.82, 2.24) is 0 Å². The van der Waals surface area contributed by atoms with Crippen molar-refractivity contribution in [2.75, 3.05) is 0 Å². The fourth-order valence-electron chi connectivity index (χ4n) is 1.78. The maximum atomic E-state index is 11.4. The van der Waals surface area contributed by atoms with Gasteiger partial charge in [0.2, 0.25) is 0 Å². The topological polar surface area (TPSA) is 103 Å². The van der Waals surface area contributed by atoms with Crippen LogP contribution in [-0.4, -0.2) is 16.8 Å². The minimum atomic E-state index is -0.399. The highest BCUT2D eigenvalue weighted by Gasteiger charge is 2.10. The molecule has 0 spiro atoms. The lowest BCUT2D eigenvalue weighted by Gasteiger charge is -1.99. The molecule has 0 saturated carbocycles. The predicted molar refractivity (Wildman–Crippen MR) is 101 cm³/mol. The fourth-order valence-corrected chi connectivity index (χ4v) is 2.13. The Labute approximate surface area is 156 Å². The van der Waals surface area contributed by atoms with Gasteiger partial charge in [-0.3, -0.25) is 26.1 Å². The molecule has 0 bridgehead atoms. The average Bonchev–Trinajstić information content (AvgIpc) is 2.57. The molecule has 5 nitrogen and oxygen atoms in total. The smallest absolute Gasteiger partial charge is 0.252 e. The molecule has 2 rings (SSSR count). The van der Waals surface area contributed by atoms with Crippen molar-refractivity contribution in [3.8, 4) is 0 Å². The Morgan fingerprint density at radius 3 is 2.04 bits per heavy atom. The molecule has 0 aliphatic heterocycles. The molecule has 0 radical (unpaired) electrons. The van der Waals surface area contributed by atoms with Crippen LogP contribution in [-0.2, 0) is 4.79 Å². The zero-order chi connectivity index (χ0) is 19.4. The third-order valence-electron chi connectivity index (χ3n) is 2.83. The highest BCUT2D eigenvalue weighted by molar-refractivity contribution is 6.67. The molecule has 0 fully saturated rings. The molecule has 0 atom stereocenters. The van der Waals surface area contributed by atoms with E-state index in [0.717, 1.165) is 5.56 Å². The van der Waals surface area contributed by atoms with Crippen LogP contribution in [0, 0.1) is 6.92 Å². The van der Waals surface area contributed by atoms with E-state index in [-0.39, 0.29) is 18.0 Å². The Morgan fingerprint density at radius 1 is 1.00 bits per heavy atom. The fraction of sp³-hybridized carbons (Fsp3) is 0.167. The van der Waals surface area contributed by atoms with Crippen molar-refractivity contribution < 1.29 is 14.4 Å². The van der Waals surface area contributed by atoms with E-state index in [2.05, 4.69) is 11.7 Å². The van der Waals surface area contributed by atoms with Gasteiger partial charge in [0.1, 0.15) is 5.78 Å². The second-order valence-corrected chi connectivity index (χ2v) is 5.68. The van der Waals surface area contributed by atoms with Gasteiger partial charge in [-0.15, -0.1) is 0 Å². The van der Waals surface area contributed by atoms with Crippen LogP contribution in [0.25, 0.3) is 0 Å². The lowest BCUT2D eigenvalue weighted by Crippen LogP contribution is -2.05. The minimum Gasteiger partial charge on any atom is -0.300 e. The molecule has 134 valence electrons. The van der Waals surface area contributed by atoms with Crippen LogP contribution in [0.15, 0.2) is 48.5 Å². The van der Waals surface area contributed by atoms with Crippen LogP contribution >= 0.6 is 23.2 Å². The number of carbonyl (C=O) groups is 3. The Balaban J connectivity index is 0.000000430. The molecule has 0 heterocycles. The van der Waals surface area contributed by atoms with Gasteiger partial charge < -0.3 is 0 Å². The molecule has 0 amide bonds. The summed E-state index contributed by atoms with van der Waals surface area (Å²) < 4.78 is 0. The third-order valence-corrected chi connectivity index (χ3v) is 3.38. The van der Waals surface area contributed by atoms with Crippen molar-refractivity contribution in [2.24, 2.45) is 11.7 Å². The summed E-state index contributed by atoms with van der Waals surface area (Å²) in [4.78, 5) is 32.6. The molecular weight excluding hydrogens is 363 g/mol. The van der Waals surface area contributed by atoms with Crippen LogP contribution < -0.4 is 11.7 Å². The van der Waals surface area contributed by atoms with E-state index < -0.39 is 5.24 Å². The normalized spacial score (nSPS) is 9.04. The van der Waals surface area contributed by atoms with E-state index in [1.54, 1.807) is 36.4 Å². The van der Waals surface area contributed by atoms with Crippen LogP contribution in [0.4, 0.5) is 0 Å². The number of carbonyl (C=O) groups excluding carboxylic acids is 3. The van der Waals surface area contributed by atoms with E-state index in [9.17, 15) is 14.4 Å². The number of aryl methyl sites for hydroxylation is 1. The summed E-state index contributed by atoms with van der Waals surface area (Å²) >= 11 is 11.0. The minimum absolute atomic E-state index is 0.0796. The third kappa shape index (κ3) is 9.12. The van der Waals surface area contributed by atoms with Crippen molar-refractivity contribution in [2.45, 2.75) is 20.3 Å². The van der Waals surface area contributed by atoms with Crippen LogP contribution in [0.3, 0.4) is 0 Å². The molecule has 7 heteroatoms. The number of benzene rings is 2. The first-order valence-corrected chi connectivity index (χ1v) is 7.94. The second-order valence-electron chi connectivity index (χ2n) is 4.92. The van der Waals surface area contributed by atoms with Crippen LogP contribution in [0.5, 0.6) is 0 Å². The average molecular weight is 383 g/mol. The molecule has 2 aromatic rings. The van der Waals surface area contributed by atoms with Gasteiger partial charge in [-0.1, -0.05) is 47.5 Å². The number of hydrogen-bond donors (Lipinski definition) is 2. The molecular formula is C18H20Cl2N2O3. The maximum absolute atomic E-state index is 11.4. The number of halogens is 2. The lowest BCUT2D eigenvalue weighted by molar-refractivity contribution is -0.116. The summed E-state index contributed by atoms with van der Waals surface area (Å²) in [6.07, 6.45) is -0.0796. The van der Waals surface area contributed by atoms with Crippen molar-refractivity contribution in [3.63, 3.8) is 0 Å². The first kappa shape index (κ1) is 22.9. The molecule has 0 unspecified atom stereocenters. The standard InChI is InChI=1S/C10H9ClO2.C8H7ClO.H4N2/c1-7(12)6-10(13)8-4-2-3-5-9(8)11;1-6-3-2-4-7(5-6)8(9)10;1-2/h2-5H,6H2,1H3;2-5H,1H3;1-2H2. The van der Waals surface area contributed by atoms with Crippen molar-refractivity contribution >= 4 is 40.0 Å². The number of ketones is 2. The maximum Gasteiger partial charge on any atom is 0.252 e. The lowest BCUT2D eigenvalue weighted by atomic mass is 10.1. The van der Waals surface area contributed by atoms with E-state index in [1.165, 1.54) is 6.92 Å². The molecule has 2 aromatic carbocycles. The summed E-state index contributed by atoms with van der Waals surface area (Å²) in [5, 5.41) is -0.00236. The van der Waals surface area contributed by atoms with Gasteiger partial charge in [0.25, 0.3) is 5.24 Å². The molecule has 0 saturated heterocycles. The van der Waals surface area contributed by atoms with Crippen molar-refractivity contribution in [1.29, 1.82) is 0 Å². The molecule has 25 heavy (non-hydrogen) atoms. The second kappa shape index (κ2) is 12.3. The molecule has 0 aliphatic rings. The van der Waals surface area contributed by atoms with E-state index in [4.69, 9.17) is 23.2 Å². The Bertz CT molecular complexity index is 734. The summed E-state index contributed by atoms with van der Waals surface area (Å²) in [5.41, 5.74) is 2.02. The first-order chi connectivity index (χ1) is 11.8. The SMILES string of the molecule is CC(=O)CC(=O)c1ccccc1Cl.Cc1cccc(C(=O)Cl)c1.NN. The van der Waals surface area contributed by atoms with Crippen molar-refractivity contribution in [3.05, 3.63) is 70.2 Å². The number of Topliss-reactive ketones (excluding diaryl/α,β-unsaturated/α-hetero) is 2. The first-order valence-electron chi connectivity index (χ1n) is 7.18. The highest BCUT2D eigenvalue weighted by Crippen LogP contribution is 2.16. The van der Waals surface area contributed by atoms with Gasteiger partial charge in [0.15, 0.2) is 5.78 Å². The van der Waals surface area contributed by atoms with Gasteiger partial charge >= 0.3 is 0 Å². The van der Waals surface area contributed by atoms with E-state index in [0.29, 0.717) is 16.1 Å². The summed E-state index contributed by atoms with van der Waals surface area (Å²) in [5.74, 6) is 7.63. The van der Waals surface area contributed by atoms with E-state index in [1.807, 2.05) is 19.1 Å². The zero-order valence-corrected chi connectivity index (χ0v) is 15.5.